The number of hydrogen-bond donors (Lipinski definition) is 4. The Morgan fingerprint density at radius 1 is 0.879 bits per heavy atom. The molecule has 2 rings (SSSR count). The van der Waals surface area contributed by atoms with Crippen molar-refractivity contribution in [1.29, 1.82) is 0 Å². The Hall–Kier alpha value is -3.60. The maximum atomic E-state index is 14.3. The largest absolute Gasteiger partial charge is 0.379 e. The van der Waals surface area contributed by atoms with Crippen LogP contribution in [0.15, 0.2) is 30.3 Å². The molecule has 1 aromatic carbocycles. The summed E-state index contributed by atoms with van der Waals surface area (Å²) in [5.41, 5.74) is 0.730. The molecule has 1 heterocycles. The minimum Gasteiger partial charge on any atom is -0.379 e. The van der Waals surface area contributed by atoms with Gasteiger partial charge in [-0.05, 0) is 49.6 Å². The molecule has 58 heavy (non-hydrogen) atoms. The van der Waals surface area contributed by atoms with Crippen molar-refractivity contribution in [1.82, 2.24) is 30.5 Å². The van der Waals surface area contributed by atoms with Crippen molar-refractivity contribution in [3.63, 3.8) is 0 Å². The molecule has 1 aliphatic heterocycles. The van der Waals surface area contributed by atoms with E-state index < -0.39 is 70.2 Å². The van der Waals surface area contributed by atoms with E-state index in [1.165, 1.54) is 14.2 Å². The minimum absolute atomic E-state index is 0.00592. The highest BCUT2D eigenvalue weighted by Crippen LogP contribution is 2.30. The standard InChI is InChI=1S/C42H72N6O9S/c1-13-23-58(54,55)46-40(51)31(24-30-19-16-15-17-20-30)44-39(50)29(8)38(57-12)32-21-18-22-48(32)34(49)25-33(56-11)37(28(7)14-2)47(10)42(53)36(27(5)6)45-41(52)35(43-9)26(3)4/h15-17,19-20,26-29,31-33,35-38,43H,13-14,18,21-25H2,1-12H3,(H,44,50)(H,45,52)(H,46,51). The quantitative estimate of drug-likeness (QED) is 0.120. The fraction of sp³-hybridized carbons (Fsp3) is 0.738. The first-order chi connectivity index (χ1) is 27.3. The van der Waals surface area contributed by atoms with Crippen molar-refractivity contribution in [3.8, 4) is 0 Å². The minimum atomic E-state index is -3.90. The number of ether oxygens (including phenoxy) is 2. The summed E-state index contributed by atoms with van der Waals surface area (Å²) in [6.45, 7) is 15.4. The third kappa shape index (κ3) is 14.0. The van der Waals surface area contributed by atoms with Crippen molar-refractivity contribution >= 4 is 39.6 Å². The van der Waals surface area contributed by atoms with Gasteiger partial charge >= 0.3 is 0 Å². The molecule has 0 saturated carbocycles. The monoisotopic (exact) mass is 837 g/mol. The van der Waals surface area contributed by atoms with E-state index in [2.05, 4.69) is 20.7 Å². The number of likely N-dealkylation sites (N-methyl/N-ethyl adjacent to an activating group) is 2. The first-order valence-electron chi connectivity index (χ1n) is 20.8. The summed E-state index contributed by atoms with van der Waals surface area (Å²) in [6.07, 6.45) is 0.814. The predicted molar refractivity (Wildman–Crippen MR) is 225 cm³/mol. The van der Waals surface area contributed by atoms with Crippen LogP contribution < -0.4 is 20.7 Å². The van der Waals surface area contributed by atoms with E-state index in [1.54, 1.807) is 62.0 Å². The molecule has 1 saturated heterocycles. The highest BCUT2D eigenvalue weighted by atomic mass is 32.2. The van der Waals surface area contributed by atoms with Crippen LogP contribution in [-0.4, -0.2) is 131 Å². The molecule has 5 amide bonds. The maximum absolute atomic E-state index is 14.3. The number of benzene rings is 1. The zero-order valence-electron chi connectivity index (χ0n) is 36.9. The molecule has 15 nitrogen and oxygen atoms in total. The summed E-state index contributed by atoms with van der Waals surface area (Å²) in [5.74, 6) is -3.47. The molecule has 9 atom stereocenters. The second kappa shape index (κ2) is 23.9. The molecule has 0 aromatic heterocycles. The lowest BCUT2D eigenvalue weighted by Gasteiger charge is -2.41. The highest BCUT2D eigenvalue weighted by molar-refractivity contribution is 7.90. The summed E-state index contributed by atoms with van der Waals surface area (Å²) in [6, 6.07) is 5.52. The van der Waals surface area contributed by atoms with Gasteiger partial charge in [-0.25, -0.2) is 8.42 Å². The summed E-state index contributed by atoms with van der Waals surface area (Å²) < 4.78 is 39.1. The Balaban J connectivity index is 2.32. The number of carbonyl (C=O) groups excluding carboxylic acids is 5. The topological polar surface area (TPSA) is 193 Å². The molecule has 0 spiro atoms. The number of methoxy groups -OCH3 is 2. The van der Waals surface area contributed by atoms with Crippen LogP contribution >= 0.6 is 0 Å². The number of amides is 5. The molecule has 1 fully saturated rings. The number of rotatable bonds is 24. The van der Waals surface area contributed by atoms with Crippen molar-refractivity contribution < 1.29 is 41.9 Å². The molecule has 0 aliphatic carbocycles. The van der Waals surface area contributed by atoms with Crippen molar-refractivity contribution in [2.45, 2.75) is 136 Å². The number of likely N-dealkylation sites (tertiary alicyclic amines) is 1. The van der Waals surface area contributed by atoms with Gasteiger partial charge in [0.1, 0.15) is 12.1 Å². The van der Waals surface area contributed by atoms with Crippen LogP contribution in [0, 0.1) is 23.7 Å². The second-order valence-corrected chi connectivity index (χ2v) is 18.2. The third-order valence-corrected chi connectivity index (χ3v) is 12.9. The smallest absolute Gasteiger partial charge is 0.256 e. The zero-order valence-corrected chi connectivity index (χ0v) is 37.7. The molecular weight excluding hydrogens is 765 g/mol. The maximum Gasteiger partial charge on any atom is 0.256 e. The molecular formula is C42H72N6O9S. The number of nitrogens with one attached hydrogen (secondary N) is 4. The number of carbonyl (C=O) groups is 5. The van der Waals surface area contributed by atoms with Crippen LogP contribution in [0.1, 0.15) is 93.1 Å². The van der Waals surface area contributed by atoms with Crippen LogP contribution in [0.25, 0.3) is 0 Å². The van der Waals surface area contributed by atoms with Gasteiger partial charge in [0.25, 0.3) is 5.91 Å². The average Bonchev–Trinajstić information content (AvgIpc) is 3.66. The first-order valence-corrected chi connectivity index (χ1v) is 22.4. The van der Waals surface area contributed by atoms with Crippen LogP contribution in [0.3, 0.4) is 0 Å². The van der Waals surface area contributed by atoms with E-state index in [9.17, 15) is 32.4 Å². The van der Waals surface area contributed by atoms with Gasteiger partial charge in [0.05, 0.1) is 48.4 Å². The molecule has 0 bridgehead atoms. The fourth-order valence-corrected chi connectivity index (χ4v) is 9.04. The first kappa shape index (κ1) is 50.5. The van der Waals surface area contributed by atoms with Gasteiger partial charge in [0.15, 0.2) is 0 Å². The lowest BCUT2D eigenvalue weighted by Crippen LogP contribution is -2.59. The van der Waals surface area contributed by atoms with Crippen LogP contribution in [0.2, 0.25) is 0 Å². The molecule has 1 aliphatic rings. The third-order valence-electron chi connectivity index (χ3n) is 11.4. The van der Waals surface area contributed by atoms with E-state index in [4.69, 9.17) is 9.47 Å². The van der Waals surface area contributed by atoms with E-state index in [0.717, 1.165) is 5.56 Å². The zero-order chi connectivity index (χ0) is 43.9. The van der Waals surface area contributed by atoms with Gasteiger partial charge in [-0.3, -0.25) is 28.7 Å². The van der Waals surface area contributed by atoms with Crippen LogP contribution in [-0.2, 0) is 49.9 Å². The summed E-state index contributed by atoms with van der Waals surface area (Å²) in [7, 11) is 2.50. The molecule has 330 valence electrons. The number of nitrogens with zero attached hydrogens (tertiary/aromatic N) is 2. The van der Waals surface area contributed by atoms with Crippen LogP contribution in [0.4, 0.5) is 0 Å². The van der Waals surface area contributed by atoms with Gasteiger partial charge in [0.2, 0.25) is 33.7 Å². The predicted octanol–water partition coefficient (Wildman–Crippen LogP) is 2.88. The molecule has 0 radical (unpaired) electrons. The summed E-state index contributed by atoms with van der Waals surface area (Å²) in [5, 5.41) is 8.77. The molecule has 16 heteroatoms. The van der Waals surface area contributed by atoms with Crippen molar-refractivity contribution in [3.05, 3.63) is 35.9 Å². The van der Waals surface area contributed by atoms with E-state index >= 15 is 0 Å². The van der Waals surface area contributed by atoms with Gasteiger partial charge in [-0.2, -0.15) is 0 Å². The van der Waals surface area contributed by atoms with Crippen LogP contribution in [0.5, 0.6) is 0 Å². The molecule has 1 aromatic rings. The highest BCUT2D eigenvalue weighted by Gasteiger charge is 2.43. The number of hydrogen-bond acceptors (Lipinski definition) is 10. The Morgan fingerprint density at radius 2 is 1.50 bits per heavy atom. The Morgan fingerprint density at radius 3 is 2.02 bits per heavy atom. The van der Waals surface area contributed by atoms with Crippen molar-refractivity contribution in [2.24, 2.45) is 23.7 Å². The van der Waals surface area contributed by atoms with Crippen molar-refractivity contribution in [2.75, 3.05) is 40.6 Å². The summed E-state index contributed by atoms with van der Waals surface area (Å²) >= 11 is 0. The lowest BCUT2D eigenvalue weighted by molar-refractivity contribution is -0.148. The Bertz CT molecular complexity index is 1590. The van der Waals surface area contributed by atoms with E-state index in [0.29, 0.717) is 32.2 Å². The van der Waals surface area contributed by atoms with Gasteiger partial charge in [-0.1, -0.05) is 92.1 Å². The van der Waals surface area contributed by atoms with Gasteiger partial charge in [-0.15, -0.1) is 0 Å². The Labute approximate surface area is 347 Å². The van der Waals surface area contributed by atoms with E-state index in [1.807, 2.05) is 47.6 Å². The van der Waals surface area contributed by atoms with E-state index in [-0.39, 0.29) is 54.1 Å². The van der Waals surface area contributed by atoms with Gasteiger partial charge in [0, 0.05) is 34.2 Å². The summed E-state index contributed by atoms with van der Waals surface area (Å²) in [4.78, 5) is 72.2. The SMILES string of the molecule is CCCS(=O)(=O)NC(=O)C(Cc1ccccc1)NC(=O)C(C)C(OC)C1CCCN1C(=O)CC(OC)C(C(C)CC)N(C)C(=O)C(NC(=O)C(NC)C(C)C)C(C)C. The molecule has 4 N–H and O–H groups in total. The fourth-order valence-electron chi connectivity index (χ4n) is 7.96. The number of sulfonamides is 1. The average molecular weight is 837 g/mol. The molecule has 9 unspecified atom stereocenters. The van der Waals surface area contributed by atoms with Gasteiger partial charge < -0.3 is 35.2 Å². The normalized spacial score (nSPS) is 18.7. The Kier molecular flexibility index (Phi) is 20.8. The lowest BCUT2D eigenvalue weighted by atomic mass is 9.89. The second-order valence-electron chi connectivity index (χ2n) is 16.4.